The van der Waals surface area contributed by atoms with Crippen LogP contribution < -0.4 is 0 Å². The lowest BCUT2D eigenvalue weighted by Gasteiger charge is -2.35. The molecule has 9 heteroatoms. The van der Waals surface area contributed by atoms with Crippen molar-refractivity contribution in [3.05, 3.63) is 57.1 Å². The van der Waals surface area contributed by atoms with Crippen LogP contribution in [0.1, 0.15) is 33.3 Å². The van der Waals surface area contributed by atoms with E-state index in [0.717, 1.165) is 6.92 Å². The predicted octanol–water partition coefficient (Wildman–Crippen LogP) is 4.80. The maximum absolute atomic E-state index is 14.5. The number of hydrogen-bond donors (Lipinski definition) is 0. The van der Waals surface area contributed by atoms with Crippen LogP contribution in [-0.4, -0.2) is 0 Å². The molecule has 1 aromatic carbocycles. The van der Waals surface area contributed by atoms with Gasteiger partial charge in [-0.05, 0) is 12.3 Å². The van der Waals surface area contributed by atoms with E-state index in [-0.39, 0.29) is 11.1 Å². The van der Waals surface area contributed by atoms with Crippen molar-refractivity contribution in [1.82, 2.24) is 0 Å². The Hall–Kier alpha value is -3.38. The summed E-state index contributed by atoms with van der Waals surface area (Å²) in [5.74, 6) is -11.5. The SMILES string of the molecule is CC(C)(C)C1=C(C#N)C(=C(C#N)C#N)OC1(C)c1c(F)c(F)c(F)c(F)c1F. The third-order valence-electron chi connectivity index (χ3n) is 4.26. The van der Waals surface area contributed by atoms with Gasteiger partial charge in [-0.2, -0.15) is 15.8 Å². The van der Waals surface area contributed by atoms with Crippen LogP contribution >= 0.6 is 0 Å². The fourth-order valence-electron chi connectivity index (χ4n) is 3.36. The van der Waals surface area contributed by atoms with Gasteiger partial charge in [0.25, 0.3) is 0 Å². The molecule has 0 saturated carbocycles. The van der Waals surface area contributed by atoms with Gasteiger partial charge < -0.3 is 4.74 Å². The van der Waals surface area contributed by atoms with E-state index in [1.165, 1.54) is 32.9 Å². The van der Waals surface area contributed by atoms with Gasteiger partial charge in [0.2, 0.25) is 5.82 Å². The lowest BCUT2D eigenvalue weighted by atomic mass is 9.72. The topological polar surface area (TPSA) is 80.6 Å². The number of benzene rings is 1. The molecular formula is C19H12F5N3O. The van der Waals surface area contributed by atoms with Crippen LogP contribution in [-0.2, 0) is 10.3 Å². The van der Waals surface area contributed by atoms with E-state index in [1.54, 1.807) is 6.07 Å². The molecule has 4 nitrogen and oxygen atoms in total. The summed E-state index contributed by atoms with van der Waals surface area (Å²) in [7, 11) is 0. The molecule has 0 saturated heterocycles. The first-order valence-electron chi connectivity index (χ1n) is 7.77. The zero-order valence-electron chi connectivity index (χ0n) is 15.1. The van der Waals surface area contributed by atoms with Crippen molar-refractivity contribution in [3.63, 3.8) is 0 Å². The Labute approximate surface area is 157 Å². The van der Waals surface area contributed by atoms with Crippen molar-refractivity contribution < 1.29 is 26.7 Å². The second-order valence-corrected chi connectivity index (χ2v) is 7.12. The molecule has 1 aliphatic heterocycles. The standard InChI is InChI=1S/C19H12F5N3O/c1-18(2,3)17-9(7-27)16(8(5-25)6-26)28-19(17,4)10-11(20)13(22)15(24)14(23)12(10)21/h1-4H3. The molecule has 0 fully saturated rings. The number of rotatable bonds is 1. The van der Waals surface area contributed by atoms with Gasteiger partial charge in [-0.1, -0.05) is 20.8 Å². The second kappa shape index (κ2) is 6.65. The summed E-state index contributed by atoms with van der Waals surface area (Å²) in [6.45, 7) is 5.58. The highest BCUT2D eigenvalue weighted by Gasteiger charge is 2.53. The molecule has 1 atom stereocenters. The van der Waals surface area contributed by atoms with Crippen LogP contribution in [0.25, 0.3) is 0 Å². The fourth-order valence-corrected chi connectivity index (χ4v) is 3.36. The van der Waals surface area contributed by atoms with E-state index in [2.05, 4.69) is 0 Å². The number of halogens is 5. The summed E-state index contributed by atoms with van der Waals surface area (Å²) >= 11 is 0. The molecule has 0 spiro atoms. The summed E-state index contributed by atoms with van der Waals surface area (Å²) in [5.41, 5.74) is -5.91. The number of hydrogen-bond acceptors (Lipinski definition) is 4. The number of nitrogens with zero attached hydrogens (tertiary/aromatic N) is 3. The maximum atomic E-state index is 14.5. The van der Waals surface area contributed by atoms with Crippen molar-refractivity contribution in [3.8, 4) is 18.2 Å². The van der Waals surface area contributed by atoms with Gasteiger partial charge in [0.1, 0.15) is 23.8 Å². The molecule has 1 unspecified atom stereocenters. The van der Waals surface area contributed by atoms with Gasteiger partial charge in [-0.15, -0.1) is 0 Å². The number of allylic oxidation sites excluding steroid dienone is 2. The third kappa shape index (κ3) is 2.78. The highest BCUT2D eigenvalue weighted by Crippen LogP contribution is 2.54. The highest BCUT2D eigenvalue weighted by molar-refractivity contribution is 5.60. The van der Waals surface area contributed by atoms with E-state index in [9.17, 15) is 27.2 Å². The Balaban J connectivity index is 3.08. The van der Waals surface area contributed by atoms with Gasteiger partial charge in [-0.25, -0.2) is 22.0 Å². The average molecular weight is 393 g/mol. The first-order chi connectivity index (χ1) is 12.9. The summed E-state index contributed by atoms with van der Waals surface area (Å²) in [6, 6.07) is 4.70. The van der Waals surface area contributed by atoms with Crippen molar-refractivity contribution in [2.24, 2.45) is 5.41 Å². The van der Waals surface area contributed by atoms with Crippen LogP contribution in [0.5, 0.6) is 0 Å². The molecule has 0 aliphatic carbocycles. The Morgan fingerprint density at radius 1 is 0.857 bits per heavy atom. The predicted molar refractivity (Wildman–Crippen MR) is 85.0 cm³/mol. The van der Waals surface area contributed by atoms with E-state index in [4.69, 9.17) is 15.3 Å². The van der Waals surface area contributed by atoms with E-state index in [1.807, 2.05) is 0 Å². The first kappa shape index (κ1) is 20.9. The Morgan fingerprint density at radius 2 is 1.29 bits per heavy atom. The van der Waals surface area contributed by atoms with Gasteiger partial charge in [-0.3, -0.25) is 0 Å². The highest BCUT2D eigenvalue weighted by atomic mass is 19.2. The van der Waals surface area contributed by atoms with Crippen LogP contribution in [0.4, 0.5) is 22.0 Å². The van der Waals surface area contributed by atoms with Crippen LogP contribution in [0.2, 0.25) is 0 Å². The van der Waals surface area contributed by atoms with Gasteiger partial charge in [0, 0.05) is 5.57 Å². The maximum Gasteiger partial charge on any atom is 0.200 e. The molecule has 144 valence electrons. The largest absolute Gasteiger partial charge is 0.475 e. The average Bonchev–Trinajstić information content (AvgIpc) is 2.92. The van der Waals surface area contributed by atoms with Crippen LogP contribution in [0.15, 0.2) is 22.5 Å². The fraction of sp³-hybridized carbons (Fsp3) is 0.316. The molecule has 1 aliphatic rings. The van der Waals surface area contributed by atoms with Crippen molar-refractivity contribution >= 4 is 0 Å². The molecule has 0 aromatic heterocycles. The Morgan fingerprint density at radius 3 is 1.64 bits per heavy atom. The molecule has 0 amide bonds. The Kier molecular flexibility index (Phi) is 4.97. The summed E-state index contributed by atoms with van der Waals surface area (Å²) in [4.78, 5) is 0. The smallest absolute Gasteiger partial charge is 0.200 e. The van der Waals surface area contributed by atoms with Gasteiger partial charge >= 0.3 is 0 Å². The summed E-state index contributed by atoms with van der Waals surface area (Å²) in [6.07, 6.45) is 0. The molecular weight excluding hydrogens is 381 g/mol. The van der Waals surface area contributed by atoms with Gasteiger partial charge in [0.05, 0.1) is 5.56 Å². The van der Waals surface area contributed by atoms with Crippen molar-refractivity contribution in [2.45, 2.75) is 33.3 Å². The molecule has 0 radical (unpaired) electrons. The molecule has 1 heterocycles. The normalized spacial score (nSPS) is 19.0. The van der Waals surface area contributed by atoms with E-state index < -0.39 is 57.0 Å². The summed E-state index contributed by atoms with van der Waals surface area (Å²) < 4.78 is 75.6. The zero-order chi connectivity index (χ0) is 21.6. The second-order valence-electron chi connectivity index (χ2n) is 7.12. The minimum atomic E-state index is -2.34. The van der Waals surface area contributed by atoms with E-state index >= 15 is 0 Å². The molecule has 0 N–H and O–H groups in total. The minimum Gasteiger partial charge on any atom is -0.475 e. The molecule has 28 heavy (non-hydrogen) atoms. The molecule has 1 aromatic rings. The minimum absolute atomic E-state index is 0.135. The van der Waals surface area contributed by atoms with Crippen LogP contribution in [0, 0.1) is 68.5 Å². The van der Waals surface area contributed by atoms with Gasteiger partial charge in [0.15, 0.2) is 40.2 Å². The number of nitriles is 3. The third-order valence-corrected chi connectivity index (χ3v) is 4.26. The van der Waals surface area contributed by atoms with Crippen molar-refractivity contribution in [2.75, 3.05) is 0 Å². The molecule has 2 rings (SSSR count). The van der Waals surface area contributed by atoms with Crippen LogP contribution in [0.3, 0.4) is 0 Å². The summed E-state index contributed by atoms with van der Waals surface area (Å²) in [5, 5.41) is 27.8. The molecule has 0 bridgehead atoms. The monoisotopic (exact) mass is 393 g/mol. The van der Waals surface area contributed by atoms with Crippen molar-refractivity contribution in [1.29, 1.82) is 15.8 Å². The van der Waals surface area contributed by atoms with E-state index in [0.29, 0.717) is 0 Å². The Bertz CT molecular complexity index is 1030. The first-order valence-corrected chi connectivity index (χ1v) is 7.77. The quantitative estimate of drug-likeness (QED) is 0.297. The lowest BCUT2D eigenvalue weighted by Crippen LogP contribution is -2.34. The zero-order valence-corrected chi connectivity index (χ0v) is 15.1. The number of ether oxygens (including phenoxy) is 1. The lowest BCUT2D eigenvalue weighted by molar-refractivity contribution is 0.0497.